The first-order valence-corrected chi connectivity index (χ1v) is 4.99. The smallest absolute Gasteiger partial charge is 0.308 e. The van der Waals surface area contributed by atoms with Gasteiger partial charge in [0.2, 0.25) is 0 Å². The van der Waals surface area contributed by atoms with Gasteiger partial charge in [-0.05, 0) is 30.5 Å². The molecular formula is C12H16O3. The van der Waals surface area contributed by atoms with Crippen LogP contribution in [-0.2, 0) is 16.0 Å². The van der Waals surface area contributed by atoms with Crippen molar-refractivity contribution < 1.29 is 14.6 Å². The molecule has 0 fully saturated rings. The topological polar surface area (TPSA) is 46.5 Å². The minimum absolute atomic E-state index is 0.0798. The van der Waals surface area contributed by atoms with Gasteiger partial charge >= 0.3 is 5.97 Å². The highest BCUT2D eigenvalue weighted by atomic mass is 16.5. The molecule has 1 aromatic rings. The lowest BCUT2D eigenvalue weighted by Gasteiger charge is -2.08. The number of methoxy groups -OCH3 is 1. The average Bonchev–Trinajstić information content (AvgIpc) is 2.26. The van der Waals surface area contributed by atoms with Crippen LogP contribution in [0.1, 0.15) is 18.9 Å². The predicted octanol–water partition coefficient (Wildman–Crippen LogP) is 2.13. The number of aryl methyl sites for hydroxylation is 1. The van der Waals surface area contributed by atoms with Crippen molar-refractivity contribution in [2.45, 2.75) is 19.8 Å². The highest BCUT2D eigenvalue weighted by Crippen LogP contribution is 2.14. The molecule has 0 aliphatic rings. The van der Waals surface area contributed by atoms with Gasteiger partial charge in [0, 0.05) is 0 Å². The summed E-state index contributed by atoms with van der Waals surface area (Å²) in [5, 5.41) is 9.09. The van der Waals surface area contributed by atoms with Crippen LogP contribution >= 0.6 is 0 Å². The van der Waals surface area contributed by atoms with Crippen molar-refractivity contribution in [1.82, 2.24) is 0 Å². The fourth-order valence-electron chi connectivity index (χ4n) is 1.36. The zero-order chi connectivity index (χ0) is 11.3. The number of rotatable bonds is 4. The predicted molar refractivity (Wildman–Crippen MR) is 57.6 cm³/mol. The third-order valence-electron chi connectivity index (χ3n) is 2.41. The molecule has 0 unspecified atom stereocenters. The second-order valence-corrected chi connectivity index (χ2v) is 3.63. The van der Waals surface area contributed by atoms with Crippen LogP contribution in [0.25, 0.3) is 0 Å². The van der Waals surface area contributed by atoms with Gasteiger partial charge < -0.3 is 9.84 Å². The Balaban J connectivity index is 2.43. The van der Waals surface area contributed by atoms with Crippen LogP contribution in [0.5, 0.6) is 5.75 Å². The molecule has 0 spiro atoms. The first-order valence-electron chi connectivity index (χ1n) is 4.99. The molecule has 0 radical (unpaired) electrons. The third-order valence-corrected chi connectivity index (χ3v) is 2.41. The summed E-state index contributed by atoms with van der Waals surface area (Å²) in [5.41, 5.74) is 1.11. The van der Waals surface area contributed by atoms with Crippen molar-refractivity contribution in [2.24, 2.45) is 5.92 Å². The summed E-state index contributed by atoms with van der Waals surface area (Å²) in [4.78, 5) is 11.1. The van der Waals surface area contributed by atoms with Crippen LogP contribution in [0, 0.1) is 5.92 Å². The number of phenols is 1. The average molecular weight is 208 g/mol. The number of hydrogen-bond acceptors (Lipinski definition) is 3. The molecule has 1 rings (SSSR count). The van der Waals surface area contributed by atoms with E-state index in [0.29, 0.717) is 0 Å². The molecule has 0 bridgehead atoms. The molecule has 0 heterocycles. The normalized spacial score (nSPS) is 12.1. The van der Waals surface area contributed by atoms with Gasteiger partial charge in [-0.1, -0.05) is 19.1 Å². The Morgan fingerprint density at radius 1 is 1.40 bits per heavy atom. The van der Waals surface area contributed by atoms with E-state index in [9.17, 15) is 4.79 Å². The number of hydrogen-bond donors (Lipinski definition) is 1. The summed E-state index contributed by atoms with van der Waals surface area (Å²) in [6.45, 7) is 1.85. The van der Waals surface area contributed by atoms with Crippen LogP contribution in [0.2, 0.25) is 0 Å². The van der Waals surface area contributed by atoms with E-state index in [-0.39, 0.29) is 17.6 Å². The lowest BCUT2D eigenvalue weighted by Crippen LogP contribution is -2.13. The van der Waals surface area contributed by atoms with Crippen LogP contribution in [-0.4, -0.2) is 18.2 Å². The minimum atomic E-state index is -0.172. The maximum Gasteiger partial charge on any atom is 0.308 e. The Bertz CT molecular complexity index is 316. The van der Waals surface area contributed by atoms with E-state index in [0.717, 1.165) is 18.4 Å². The summed E-state index contributed by atoms with van der Waals surface area (Å²) >= 11 is 0. The van der Waals surface area contributed by atoms with Gasteiger partial charge in [-0.15, -0.1) is 0 Å². The number of phenolic OH excluding ortho intramolecular Hbond substituents is 1. The molecule has 0 saturated heterocycles. The first kappa shape index (κ1) is 11.6. The van der Waals surface area contributed by atoms with Crippen molar-refractivity contribution >= 4 is 5.97 Å². The van der Waals surface area contributed by atoms with E-state index >= 15 is 0 Å². The van der Waals surface area contributed by atoms with Crippen molar-refractivity contribution in [3.63, 3.8) is 0 Å². The Morgan fingerprint density at radius 2 is 2.00 bits per heavy atom. The molecule has 1 atom stereocenters. The molecule has 0 saturated carbocycles. The van der Waals surface area contributed by atoms with Crippen LogP contribution in [0.3, 0.4) is 0 Å². The standard InChI is InChI=1S/C12H16O3/c1-9(12(14)15-2)3-4-10-5-7-11(13)8-6-10/h5-9,13H,3-4H2,1-2H3/t9-/m0/s1. The molecule has 0 aromatic heterocycles. The summed E-state index contributed by atoms with van der Waals surface area (Å²) in [6, 6.07) is 7.02. The van der Waals surface area contributed by atoms with Crippen LogP contribution in [0.4, 0.5) is 0 Å². The Hall–Kier alpha value is -1.51. The number of carbonyl (C=O) groups is 1. The molecule has 1 aromatic carbocycles. The highest BCUT2D eigenvalue weighted by molar-refractivity contribution is 5.71. The fraction of sp³-hybridized carbons (Fsp3) is 0.417. The fourth-order valence-corrected chi connectivity index (χ4v) is 1.36. The van der Waals surface area contributed by atoms with Gasteiger partial charge in [0.05, 0.1) is 13.0 Å². The summed E-state index contributed by atoms with van der Waals surface area (Å²) < 4.78 is 4.64. The largest absolute Gasteiger partial charge is 0.508 e. The second kappa shape index (κ2) is 5.39. The van der Waals surface area contributed by atoms with Crippen LogP contribution < -0.4 is 0 Å². The number of esters is 1. The van der Waals surface area contributed by atoms with Crippen molar-refractivity contribution in [2.75, 3.05) is 7.11 Å². The number of aromatic hydroxyl groups is 1. The number of carbonyl (C=O) groups excluding carboxylic acids is 1. The van der Waals surface area contributed by atoms with Gasteiger partial charge in [0.25, 0.3) is 0 Å². The Morgan fingerprint density at radius 3 is 2.53 bits per heavy atom. The molecule has 1 N–H and O–H groups in total. The number of benzene rings is 1. The zero-order valence-corrected chi connectivity index (χ0v) is 9.06. The molecule has 0 amide bonds. The molecule has 15 heavy (non-hydrogen) atoms. The quantitative estimate of drug-likeness (QED) is 0.771. The monoisotopic (exact) mass is 208 g/mol. The molecule has 3 nitrogen and oxygen atoms in total. The van der Waals surface area contributed by atoms with Gasteiger partial charge in [-0.25, -0.2) is 0 Å². The maximum atomic E-state index is 11.1. The highest BCUT2D eigenvalue weighted by Gasteiger charge is 2.12. The van der Waals surface area contributed by atoms with Gasteiger partial charge in [0.1, 0.15) is 5.75 Å². The molecular weight excluding hydrogens is 192 g/mol. The van der Waals surface area contributed by atoms with Gasteiger partial charge in [0.15, 0.2) is 0 Å². The Labute approximate surface area is 89.7 Å². The summed E-state index contributed by atoms with van der Waals surface area (Å²) in [7, 11) is 1.40. The lowest BCUT2D eigenvalue weighted by atomic mass is 10.0. The number of ether oxygens (including phenoxy) is 1. The van der Waals surface area contributed by atoms with Crippen LogP contribution in [0.15, 0.2) is 24.3 Å². The molecule has 82 valence electrons. The Kier molecular flexibility index (Phi) is 4.16. The van der Waals surface area contributed by atoms with E-state index < -0.39 is 0 Å². The van der Waals surface area contributed by atoms with E-state index in [1.54, 1.807) is 12.1 Å². The first-order chi connectivity index (χ1) is 7.13. The molecule has 0 aliphatic heterocycles. The summed E-state index contributed by atoms with van der Waals surface area (Å²) in [5.74, 6) is 0.0114. The third kappa shape index (κ3) is 3.62. The van der Waals surface area contributed by atoms with Crippen molar-refractivity contribution in [3.8, 4) is 5.75 Å². The second-order valence-electron chi connectivity index (χ2n) is 3.63. The van der Waals surface area contributed by atoms with Gasteiger partial charge in [-0.3, -0.25) is 4.79 Å². The summed E-state index contributed by atoms with van der Waals surface area (Å²) in [6.07, 6.45) is 1.58. The van der Waals surface area contributed by atoms with E-state index in [1.165, 1.54) is 7.11 Å². The zero-order valence-electron chi connectivity index (χ0n) is 9.06. The maximum absolute atomic E-state index is 11.1. The SMILES string of the molecule is COC(=O)[C@@H](C)CCc1ccc(O)cc1. The molecule has 3 heteroatoms. The van der Waals surface area contributed by atoms with Crippen molar-refractivity contribution in [3.05, 3.63) is 29.8 Å². The minimum Gasteiger partial charge on any atom is -0.508 e. The van der Waals surface area contributed by atoms with Gasteiger partial charge in [-0.2, -0.15) is 0 Å². The lowest BCUT2D eigenvalue weighted by molar-refractivity contribution is -0.145. The van der Waals surface area contributed by atoms with E-state index in [2.05, 4.69) is 4.74 Å². The van der Waals surface area contributed by atoms with E-state index in [1.807, 2.05) is 19.1 Å². The molecule has 0 aliphatic carbocycles. The van der Waals surface area contributed by atoms with E-state index in [4.69, 9.17) is 5.11 Å². The van der Waals surface area contributed by atoms with Crippen molar-refractivity contribution in [1.29, 1.82) is 0 Å².